The molecule has 10 heteroatoms. The Labute approximate surface area is 232 Å². The molecule has 1 aliphatic rings. The van der Waals surface area contributed by atoms with Crippen LogP contribution in [0.5, 0.6) is 5.75 Å². The maximum absolute atomic E-state index is 13.5. The number of fused-ring (bicyclic) bond motifs is 1. The summed E-state index contributed by atoms with van der Waals surface area (Å²) in [5.41, 5.74) is 1.74. The molecule has 0 unspecified atom stereocenters. The number of carbonyl (C=O) groups excluding carboxylic acids is 1. The van der Waals surface area contributed by atoms with E-state index in [1.54, 1.807) is 49.4 Å². The van der Waals surface area contributed by atoms with Crippen molar-refractivity contribution < 1.29 is 27.1 Å². The molecule has 0 bridgehead atoms. The molecular weight excluding hydrogens is 530 g/mol. The standard InChI is InChI=1S/C30H25N3O6S/c1-3-37-30(34)25(19-31)28-24-11-7-8-12-27(24)40(35,36)33(28)22-13-15-23(16-14-22)38-18-17-26-20(2)39-29(32-26)21-9-5-4-6-10-21/h4-16H,3,17-18H2,1-2H3/b28-25-. The van der Waals surface area contributed by atoms with Crippen LogP contribution >= 0.6 is 0 Å². The van der Waals surface area contributed by atoms with Crippen molar-refractivity contribution in [3.05, 3.63) is 101 Å². The Morgan fingerprint density at radius 2 is 1.73 bits per heavy atom. The van der Waals surface area contributed by atoms with Gasteiger partial charge in [0.05, 0.1) is 35.2 Å². The lowest BCUT2D eigenvalue weighted by molar-refractivity contribution is -0.137. The van der Waals surface area contributed by atoms with Gasteiger partial charge in [-0.1, -0.05) is 36.4 Å². The van der Waals surface area contributed by atoms with E-state index >= 15 is 0 Å². The Balaban J connectivity index is 1.37. The molecule has 0 saturated heterocycles. The van der Waals surface area contributed by atoms with E-state index < -0.39 is 21.6 Å². The van der Waals surface area contributed by atoms with Crippen molar-refractivity contribution in [1.29, 1.82) is 5.26 Å². The molecule has 202 valence electrons. The van der Waals surface area contributed by atoms with Gasteiger partial charge in [0, 0.05) is 17.5 Å². The molecule has 0 saturated carbocycles. The second-order valence-corrected chi connectivity index (χ2v) is 10.6. The van der Waals surface area contributed by atoms with E-state index in [1.165, 1.54) is 6.07 Å². The van der Waals surface area contributed by atoms with E-state index in [9.17, 15) is 18.5 Å². The molecule has 0 spiro atoms. The van der Waals surface area contributed by atoms with E-state index in [0.717, 1.165) is 15.6 Å². The number of anilines is 1. The van der Waals surface area contributed by atoms with Crippen LogP contribution in [0.25, 0.3) is 17.2 Å². The maximum Gasteiger partial charge on any atom is 0.351 e. The number of hydrogen-bond donors (Lipinski definition) is 0. The predicted octanol–water partition coefficient (Wildman–Crippen LogP) is 5.28. The first kappa shape index (κ1) is 26.7. The Morgan fingerprint density at radius 1 is 1.02 bits per heavy atom. The third kappa shape index (κ3) is 4.95. The zero-order chi connectivity index (χ0) is 28.3. The van der Waals surface area contributed by atoms with Gasteiger partial charge in [0.1, 0.15) is 17.6 Å². The highest BCUT2D eigenvalue weighted by molar-refractivity contribution is 7.93. The lowest BCUT2D eigenvalue weighted by atomic mass is 10.1. The summed E-state index contributed by atoms with van der Waals surface area (Å²) in [6.07, 6.45) is 0.512. The Bertz CT molecular complexity index is 1740. The summed E-state index contributed by atoms with van der Waals surface area (Å²) in [4.78, 5) is 17.2. The van der Waals surface area contributed by atoms with Crippen molar-refractivity contribution in [2.75, 3.05) is 17.5 Å². The van der Waals surface area contributed by atoms with Crippen LogP contribution < -0.4 is 9.04 Å². The minimum atomic E-state index is -4.09. The van der Waals surface area contributed by atoms with Crippen LogP contribution in [0.1, 0.15) is 23.9 Å². The summed E-state index contributed by atoms with van der Waals surface area (Å²) in [5, 5.41) is 9.80. The number of nitrogens with zero attached hydrogens (tertiary/aromatic N) is 3. The Morgan fingerprint density at radius 3 is 2.42 bits per heavy atom. The first-order valence-electron chi connectivity index (χ1n) is 12.6. The number of esters is 1. The zero-order valence-corrected chi connectivity index (χ0v) is 22.6. The minimum Gasteiger partial charge on any atom is -0.493 e. The summed E-state index contributed by atoms with van der Waals surface area (Å²) in [6, 6.07) is 24.1. The average Bonchev–Trinajstić information content (AvgIpc) is 3.44. The number of aryl methyl sites for hydroxylation is 1. The number of ether oxygens (including phenoxy) is 2. The molecule has 0 aliphatic carbocycles. The SMILES string of the molecule is CCOC(=O)/C(C#N)=C1/c2ccccc2S(=O)(=O)N1c1ccc(OCCc2nc(-c3ccccc3)oc2C)cc1. The van der Waals surface area contributed by atoms with Crippen LogP contribution in [-0.2, 0) is 26.0 Å². The second-order valence-electron chi connectivity index (χ2n) is 8.80. The molecule has 3 aromatic carbocycles. The van der Waals surface area contributed by atoms with E-state index in [0.29, 0.717) is 30.4 Å². The highest BCUT2D eigenvalue weighted by Crippen LogP contribution is 2.44. The predicted molar refractivity (Wildman–Crippen MR) is 148 cm³/mol. The fraction of sp³-hybridized carbons (Fsp3) is 0.167. The van der Waals surface area contributed by atoms with Gasteiger partial charge >= 0.3 is 5.97 Å². The number of hydrogen-bond acceptors (Lipinski definition) is 8. The van der Waals surface area contributed by atoms with Gasteiger partial charge in [0.15, 0.2) is 5.57 Å². The van der Waals surface area contributed by atoms with Crippen LogP contribution in [0.3, 0.4) is 0 Å². The van der Waals surface area contributed by atoms with Crippen molar-refractivity contribution >= 4 is 27.4 Å². The first-order chi connectivity index (χ1) is 19.3. The summed E-state index contributed by atoms with van der Waals surface area (Å²) >= 11 is 0. The molecule has 4 aromatic rings. The lowest BCUT2D eigenvalue weighted by Crippen LogP contribution is -2.25. The van der Waals surface area contributed by atoms with E-state index in [4.69, 9.17) is 13.9 Å². The highest BCUT2D eigenvalue weighted by Gasteiger charge is 2.42. The van der Waals surface area contributed by atoms with Gasteiger partial charge in [-0.05, 0) is 56.3 Å². The monoisotopic (exact) mass is 555 g/mol. The van der Waals surface area contributed by atoms with E-state index in [1.807, 2.05) is 43.3 Å². The van der Waals surface area contributed by atoms with Crippen LogP contribution in [0.4, 0.5) is 5.69 Å². The van der Waals surface area contributed by atoms with Gasteiger partial charge in [-0.2, -0.15) is 5.26 Å². The van der Waals surface area contributed by atoms with Gasteiger partial charge < -0.3 is 13.9 Å². The topological polar surface area (TPSA) is 123 Å². The van der Waals surface area contributed by atoms with Gasteiger partial charge in [0.25, 0.3) is 10.0 Å². The molecule has 1 aliphatic heterocycles. The maximum atomic E-state index is 13.5. The Kier molecular flexibility index (Phi) is 7.40. The van der Waals surface area contributed by atoms with Crippen molar-refractivity contribution in [3.8, 4) is 23.3 Å². The molecule has 1 aromatic heterocycles. The smallest absolute Gasteiger partial charge is 0.351 e. The molecule has 0 atom stereocenters. The summed E-state index contributed by atoms with van der Waals surface area (Å²) < 4.78 is 44.8. The fourth-order valence-corrected chi connectivity index (χ4v) is 6.14. The normalized spacial score (nSPS) is 14.8. The summed E-state index contributed by atoms with van der Waals surface area (Å²) in [7, 11) is -4.09. The number of rotatable bonds is 8. The fourth-order valence-electron chi connectivity index (χ4n) is 4.43. The van der Waals surface area contributed by atoms with Gasteiger partial charge in [-0.15, -0.1) is 0 Å². The van der Waals surface area contributed by atoms with E-state index in [-0.39, 0.29) is 28.5 Å². The summed E-state index contributed by atoms with van der Waals surface area (Å²) in [6.45, 7) is 3.83. The van der Waals surface area contributed by atoms with Crippen molar-refractivity contribution in [1.82, 2.24) is 4.98 Å². The van der Waals surface area contributed by atoms with Gasteiger partial charge in [-0.25, -0.2) is 22.5 Å². The number of benzene rings is 3. The highest BCUT2D eigenvalue weighted by atomic mass is 32.2. The number of carbonyl (C=O) groups is 1. The van der Waals surface area contributed by atoms with Crippen LogP contribution in [-0.4, -0.2) is 32.6 Å². The third-order valence-corrected chi connectivity index (χ3v) is 8.07. The molecule has 0 amide bonds. The number of sulfonamides is 1. The molecule has 0 radical (unpaired) electrons. The van der Waals surface area contributed by atoms with Crippen LogP contribution in [0, 0.1) is 18.3 Å². The largest absolute Gasteiger partial charge is 0.493 e. The number of nitriles is 1. The van der Waals surface area contributed by atoms with E-state index in [2.05, 4.69) is 4.98 Å². The quantitative estimate of drug-likeness (QED) is 0.164. The zero-order valence-electron chi connectivity index (χ0n) is 21.8. The molecule has 5 rings (SSSR count). The number of oxazole rings is 1. The van der Waals surface area contributed by atoms with Crippen molar-refractivity contribution in [3.63, 3.8) is 0 Å². The molecule has 0 N–H and O–H groups in total. The third-order valence-electron chi connectivity index (χ3n) is 6.28. The van der Waals surface area contributed by atoms with Crippen molar-refractivity contribution in [2.45, 2.75) is 25.2 Å². The van der Waals surface area contributed by atoms with Crippen molar-refractivity contribution in [2.24, 2.45) is 0 Å². The molecule has 9 nitrogen and oxygen atoms in total. The van der Waals surface area contributed by atoms with Crippen LogP contribution in [0.2, 0.25) is 0 Å². The van der Waals surface area contributed by atoms with Gasteiger partial charge in [-0.3, -0.25) is 0 Å². The number of aromatic nitrogens is 1. The lowest BCUT2D eigenvalue weighted by Gasteiger charge is -2.20. The first-order valence-corrected chi connectivity index (χ1v) is 14.0. The van der Waals surface area contributed by atoms with Crippen LogP contribution in [0.15, 0.2) is 93.7 Å². The molecule has 2 heterocycles. The molecule has 0 fully saturated rings. The Hall–Kier alpha value is -4.88. The molecular formula is C30H25N3O6S. The minimum absolute atomic E-state index is 0.000212. The average molecular weight is 556 g/mol. The summed E-state index contributed by atoms with van der Waals surface area (Å²) in [5.74, 6) is 0.883. The second kappa shape index (κ2) is 11.1. The van der Waals surface area contributed by atoms with Gasteiger partial charge in [0.2, 0.25) is 5.89 Å². The molecule has 40 heavy (non-hydrogen) atoms.